The van der Waals surface area contributed by atoms with Crippen LogP contribution < -0.4 is 10.6 Å². The molecule has 2 heterocycles. The molecule has 0 aromatic carbocycles. The highest BCUT2D eigenvalue weighted by Crippen LogP contribution is 2.29. The first-order valence-electron chi connectivity index (χ1n) is 18.2. The molecule has 2 saturated heterocycles. The maximum Gasteiger partial charge on any atom is 0.249 e. The molecule has 1 saturated carbocycles. The molecule has 3 aliphatic rings. The van der Waals surface area contributed by atoms with Gasteiger partial charge in [0.1, 0.15) is 12.1 Å². The van der Waals surface area contributed by atoms with Crippen molar-refractivity contribution in [1.82, 2.24) is 25.3 Å². The lowest BCUT2D eigenvalue weighted by atomic mass is 9.84. The molecule has 9 heteroatoms. The topological polar surface area (TPSA) is 102 Å². The molecular weight excluding hydrogens is 578 g/mol. The van der Waals surface area contributed by atoms with Gasteiger partial charge in [0.15, 0.2) is 0 Å². The number of hydrogen-bond donors (Lipinski definition) is 2. The summed E-state index contributed by atoms with van der Waals surface area (Å²) in [5, 5.41) is 6.39. The number of likely N-dealkylation sites (N-methyl/N-ethyl adjacent to an activating group) is 1. The zero-order valence-electron chi connectivity index (χ0n) is 30.7. The predicted octanol–water partition coefficient (Wildman–Crippen LogP) is 5.29. The van der Waals surface area contributed by atoms with E-state index < -0.39 is 17.5 Å². The van der Waals surface area contributed by atoms with Gasteiger partial charge in [-0.15, -0.1) is 0 Å². The molecule has 262 valence electrons. The monoisotopic (exact) mass is 644 g/mol. The number of hydrogen-bond acceptors (Lipinski definition) is 5. The Morgan fingerprint density at radius 3 is 1.96 bits per heavy atom. The third-order valence-electron chi connectivity index (χ3n) is 10.7. The van der Waals surface area contributed by atoms with Gasteiger partial charge in [0, 0.05) is 31.2 Å². The van der Waals surface area contributed by atoms with Gasteiger partial charge in [-0.3, -0.25) is 24.1 Å². The van der Waals surface area contributed by atoms with E-state index in [9.17, 15) is 19.2 Å². The highest BCUT2D eigenvalue weighted by molar-refractivity contribution is 5.97. The van der Waals surface area contributed by atoms with E-state index >= 15 is 0 Å². The summed E-state index contributed by atoms with van der Waals surface area (Å²) in [5.74, 6) is 0.0656. The normalized spacial score (nSPS) is 24.1. The second-order valence-electron chi connectivity index (χ2n) is 16.0. The molecule has 3 rings (SSSR count). The number of nitrogens with one attached hydrogen (secondary N) is 2. The van der Waals surface area contributed by atoms with Crippen LogP contribution in [0.5, 0.6) is 0 Å². The second-order valence-corrected chi connectivity index (χ2v) is 16.0. The Hall–Kier alpha value is -2.42. The number of carbonyl (C=O) groups excluding carboxylic acids is 4. The first-order valence-corrected chi connectivity index (χ1v) is 18.2. The average Bonchev–Trinajstić information content (AvgIpc) is 3.51. The van der Waals surface area contributed by atoms with Gasteiger partial charge in [-0.25, -0.2) is 0 Å². The zero-order chi connectivity index (χ0) is 34.3. The lowest BCUT2D eigenvalue weighted by Crippen LogP contribution is -2.60. The van der Waals surface area contributed by atoms with Crippen LogP contribution in [0.2, 0.25) is 0 Å². The molecule has 1 unspecified atom stereocenters. The van der Waals surface area contributed by atoms with Crippen LogP contribution in [0.15, 0.2) is 11.6 Å². The van der Waals surface area contributed by atoms with Crippen LogP contribution in [0.4, 0.5) is 0 Å². The van der Waals surface area contributed by atoms with Gasteiger partial charge < -0.3 is 20.4 Å². The molecule has 0 spiro atoms. The van der Waals surface area contributed by atoms with Crippen LogP contribution in [-0.2, 0) is 19.2 Å². The largest absolute Gasteiger partial charge is 0.352 e. The summed E-state index contributed by atoms with van der Waals surface area (Å²) in [6.07, 6.45) is 12.2. The molecule has 5 atom stereocenters. The van der Waals surface area contributed by atoms with Crippen LogP contribution in [0.1, 0.15) is 127 Å². The van der Waals surface area contributed by atoms with Crippen molar-refractivity contribution in [3.8, 4) is 0 Å². The van der Waals surface area contributed by atoms with Crippen molar-refractivity contribution in [3.63, 3.8) is 0 Å². The fourth-order valence-electron chi connectivity index (χ4n) is 7.75. The van der Waals surface area contributed by atoms with E-state index in [2.05, 4.69) is 36.3 Å². The van der Waals surface area contributed by atoms with Crippen molar-refractivity contribution >= 4 is 23.6 Å². The minimum Gasteiger partial charge on any atom is -0.352 e. The number of carbonyl (C=O) groups is 4. The fraction of sp³-hybridized carbons (Fsp3) is 0.838. The third-order valence-corrected chi connectivity index (χ3v) is 10.7. The van der Waals surface area contributed by atoms with E-state index in [1.54, 1.807) is 23.8 Å². The molecule has 0 aromatic heterocycles. The smallest absolute Gasteiger partial charge is 0.249 e. The summed E-state index contributed by atoms with van der Waals surface area (Å²) in [4.78, 5) is 60.7. The molecule has 1 aliphatic carbocycles. The minimum atomic E-state index is -0.718. The van der Waals surface area contributed by atoms with E-state index in [1.807, 2.05) is 40.7 Å². The summed E-state index contributed by atoms with van der Waals surface area (Å²) in [5.41, 5.74) is 0.0174. The number of rotatable bonds is 11. The van der Waals surface area contributed by atoms with Crippen LogP contribution in [0.3, 0.4) is 0 Å². The highest BCUT2D eigenvalue weighted by atomic mass is 16.2. The maximum atomic E-state index is 14.2. The molecule has 2 aliphatic heterocycles. The van der Waals surface area contributed by atoms with Crippen LogP contribution in [0, 0.1) is 17.3 Å². The van der Waals surface area contributed by atoms with Crippen molar-refractivity contribution in [2.24, 2.45) is 17.3 Å². The predicted molar refractivity (Wildman–Crippen MR) is 185 cm³/mol. The number of amides is 4. The van der Waals surface area contributed by atoms with Gasteiger partial charge in [0.25, 0.3) is 0 Å². The molecule has 46 heavy (non-hydrogen) atoms. The van der Waals surface area contributed by atoms with Crippen molar-refractivity contribution in [2.75, 3.05) is 20.1 Å². The summed E-state index contributed by atoms with van der Waals surface area (Å²) in [7, 11) is 1.77. The molecule has 3 fully saturated rings. The van der Waals surface area contributed by atoms with Crippen LogP contribution >= 0.6 is 0 Å². The Labute approximate surface area is 279 Å². The molecule has 0 aromatic rings. The number of likely N-dealkylation sites (tertiary alicyclic amines) is 2. The summed E-state index contributed by atoms with van der Waals surface area (Å²) < 4.78 is 0. The lowest BCUT2D eigenvalue weighted by molar-refractivity contribution is -0.142. The fourth-order valence-corrected chi connectivity index (χ4v) is 7.75. The van der Waals surface area contributed by atoms with Crippen molar-refractivity contribution < 1.29 is 19.2 Å². The van der Waals surface area contributed by atoms with E-state index in [0.29, 0.717) is 24.5 Å². The zero-order valence-corrected chi connectivity index (χ0v) is 30.7. The third kappa shape index (κ3) is 9.57. The van der Waals surface area contributed by atoms with Gasteiger partial charge >= 0.3 is 0 Å². The minimum absolute atomic E-state index is 0.0248. The Morgan fingerprint density at radius 2 is 1.37 bits per heavy atom. The number of piperidine rings is 1. The molecule has 0 bridgehead atoms. The highest BCUT2D eigenvalue weighted by Gasteiger charge is 2.41. The molecule has 2 N–H and O–H groups in total. The van der Waals surface area contributed by atoms with E-state index in [-0.39, 0.29) is 53.7 Å². The van der Waals surface area contributed by atoms with E-state index in [0.717, 1.165) is 45.1 Å². The first kappa shape index (κ1) is 38.0. The van der Waals surface area contributed by atoms with Crippen LogP contribution in [0.25, 0.3) is 0 Å². The summed E-state index contributed by atoms with van der Waals surface area (Å²) in [6.45, 7) is 19.6. The SMILES string of the molecule is CC(=CC(C(C)C)N(C)C(=O)[C@@H](NC(=O)[C@H]1CCCCN1C(C)C)C(C)(C)C)C(=O)N1CCC[C@H]1C(=O)N[C@@H](C)C1CCCCC1. The molecular formula is C37H65N5O4. The lowest BCUT2D eigenvalue weighted by Gasteiger charge is -2.41. The molecule has 9 nitrogen and oxygen atoms in total. The van der Waals surface area contributed by atoms with Crippen molar-refractivity contribution in [1.29, 1.82) is 0 Å². The Kier molecular flexibility index (Phi) is 13.7. The first-order chi connectivity index (χ1) is 21.5. The van der Waals surface area contributed by atoms with Crippen molar-refractivity contribution in [2.45, 2.75) is 163 Å². The summed E-state index contributed by atoms with van der Waals surface area (Å²) in [6, 6.07) is -1.43. The van der Waals surface area contributed by atoms with Gasteiger partial charge in [0.05, 0.1) is 12.1 Å². The average molecular weight is 644 g/mol. The van der Waals surface area contributed by atoms with Gasteiger partial charge in [-0.2, -0.15) is 0 Å². The van der Waals surface area contributed by atoms with E-state index in [1.165, 1.54) is 19.3 Å². The number of nitrogens with zero attached hydrogens (tertiary/aromatic N) is 3. The van der Waals surface area contributed by atoms with Gasteiger partial charge in [-0.1, -0.05) is 66.4 Å². The van der Waals surface area contributed by atoms with Crippen LogP contribution in [-0.4, -0.2) is 94.7 Å². The Bertz CT molecular complexity index is 1090. The molecule has 4 amide bonds. The Balaban J connectivity index is 1.74. The Morgan fingerprint density at radius 1 is 0.783 bits per heavy atom. The van der Waals surface area contributed by atoms with E-state index in [4.69, 9.17) is 0 Å². The maximum absolute atomic E-state index is 14.2. The standard InChI is InChI=1S/C37H65N5O4/c1-24(2)31(40(10)36(46)32(37(7,8)9)39-34(44)29-19-14-15-21-41(29)25(3)4)23-26(5)35(45)42-22-16-20-30(42)33(43)38-27(6)28-17-12-11-13-18-28/h23-25,27-32H,11-22H2,1-10H3,(H,38,43)(H,39,44)/t27-,29+,30-,31?,32+/m0/s1. The van der Waals surface area contributed by atoms with Gasteiger partial charge in [0.2, 0.25) is 23.6 Å². The summed E-state index contributed by atoms with van der Waals surface area (Å²) >= 11 is 0. The molecule has 0 radical (unpaired) electrons. The van der Waals surface area contributed by atoms with Crippen molar-refractivity contribution in [3.05, 3.63) is 11.6 Å². The van der Waals surface area contributed by atoms with Gasteiger partial charge in [-0.05, 0) is 90.0 Å². The second kappa shape index (κ2) is 16.6. The quantitative estimate of drug-likeness (QED) is 0.298.